The number of hydrogen-bond acceptors (Lipinski definition) is 8. The Bertz CT molecular complexity index is 1670. The second-order valence-electron chi connectivity index (χ2n) is 10.9. The van der Waals surface area contributed by atoms with Gasteiger partial charge in [-0.1, -0.05) is 25.5 Å². The Kier molecular flexibility index (Phi) is 8.65. The van der Waals surface area contributed by atoms with Gasteiger partial charge in [-0.3, -0.25) is 9.59 Å². The molecule has 220 valence electrons. The van der Waals surface area contributed by atoms with Gasteiger partial charge in [0.1, 0.15) is 0 Å². The first kappa shape index (κ1) is 29.3. The van der Waals surface area contributed by atoms with E-state index >= 15 is 0 Å². The molecule has 3 heterocycles. The standard InChI is InChI=1S/C32H38N6O3S/c1-5-7-21-16-29(42-20(21)3)31(40)36-26-9-6-8-24(19(26)2)27-18-37(4)32(41)30(35-27)34-22-10-11-28(25(33)17-22)38-14-12-23(39)13-15-38/h6,8-11,16-18,23,39H,5,7,12-15,33H2,1-4H3,(H,34,35)(H,36,40). The maximum Gasteiger partial charge on any atom is 0.293 e. The summed E-state index contributed by atoms with van der Waals surface area (Å²) in [7, 11) is 1.69. The van der Waals surface area contributed by atoms with Crippen molar-refractivity contribution in [2.24, 2.45) is 7.05 Å². The molecule has 42 heavy (non-hydrogen) atoms. The van der Waals surface area contributed by atoms with E-state index < -0.39 is 0 Å². The number of benzene rings is 2. The lowest BCUT2D eigenvalue weighted by Crippen LogP contribution is -2.36. The first-order valence-corrected chi connectivity index (χ1v) is 15.1. The van der Waals surface area contributed by atoms with E-state index in [2.05, 4.69) is 34.4 Å². The van der Waals surface area contributed by atoms with Crippen molar-refractivity contribution < 1.29 is 9.90 Å². The van der Waals surface area contributed by atoms with Gasteiger partial charge < -0.3 is 30.9 Å². The summed E-state index contributed by atoms with van der Waals surface area (Å²) in [6.45, 7) is 7.61. The highest BCUT2D eigenvalue weighted by molar-refractivity contribution is 7.14. The third-order valence-electron chi connectivity index (χ3n) is 7.79. The highest BCUT2D eigenvalue weighted by Crippen LogP contribution is 2.32. The van der Waals surface area contributed by atoms with Gasteiger partial charge in [-0.2, -0.15) is 0 Å². The minimum absolute atomic E-state index is 0.136. The number of carbonyl (C=O) groups is 1. The molecule has 1 aliphatic heterocycles. The van der Waals surface area contributed by atoms with Gasteiger partial charge in [0.15, 0.2) is 5.82 Å². The molecule has 0 unspecified atom stereocenters. The molecular formula is C32H38N6O3S. The van der Waals surface area contributed by atoms with Crippen LogP contribution in [0.3, 0.4) is 0 Å². The van der Waals surface area contributed by atoms with E-state index in [0.29, 0.717) is 40.5 Å². The Morgan fingerprint density at radius 1 is 1.17 bits per heavy atom. The Balaban J connectivity index is 1.39. The van der Waals surface area contributed by atoms with Gasteiger partial charge in [0.2, 0.25) is 0 Å². The Hall–Kier alpha value is -4.15. The van der Waals surface area contributed by atoms with E-state index in [9.17, 15) is 14.7 Å². The monoisotopic (exact) mass is 586 g/mol. The average Bonchev–Trinajstić information content (AvgIpc) is 3.33. The van der Waals surface area contributed by atoms with Crippen molar-refractivity contribution in [2.75, 3.05) is 34.4 Å². The molecule has 1 amide bonds. The number of thiophene rings is 1. The van der Waals surface area contributed by atoms with Crippen molar-refractivity contribution in [1.82, 2.24) is 9.55 Å². The van der Waals surface area contributed by atoms with Gasteiger partial charge in [0, 0.05) is 48.1 Å². The third kappa shape index (κ3) is 6.19. The molecule has 2 aromatic carbocycles. The first-order chi connectivity index (χ1) is 20.1. The summed E-state index contributed by atoms with van der Waals surface area (Å²) in [6.07, 6.45) is 4.85. The summed E-state index contributed by atoms with van der Waals surface area (Å²) in [5.74, 6) is 0.0397. The molecule has 1 saturated heterocycles. The van der Waals surface area contributed by atoms with Gasteiger partial charge in [-0.25, -0.2) is 4.98 Å². The lowest BCUT2D eigenvalue weighted by Gasteiger charge is -2.32. The highest BCUT2D eigenvalue weighted by Gasteiger charge is 2.20. The molecule has 5 N–H and O–H groups in total. The molecule has 0 spiro atoms. The summed E-state index contributed by atoms with van der Waals surface area (Å²) >= 11 is 1.51. The fraction of sp³-hybridized carbons (Fsp3) is 0.344. The minimum Gasteiger partial charge on any atom is -0.397 e. The van der Waals surface area contributed by atoms with Crippen molar-refractivity contribution in [3.05, 3.63) is 79.9 Å². The fourth-order valence-corrected chi connectivity index (χ4v) is 6.33. The number of nitrogens with one attached hydrogen (secondary N) is 2. The predicted molar refractivity (Wildman–Crippen MR) is 172 cm³/mol. The quantitative estimate of drug-likeness (QED) is 0.198. The van der Waals surface area contributed by atoms with Crippen molar-refractivity contribution in [3.8, 4) is 11.3 Å². The number of aliphatic hydroxyl groups excluding tert-OH is 1. The molecule has 0 bridgehead atoms. The van der Waals surface area contributed by atoms with Crippen molar-refractivity contribution >= 4 is 45.8 Å². The summed E-state index contributed by atoms with van der Waals surface area (Å²) in [5.41, 5.74) is 12.4. The number of nitrogens with zero attached hydrogens (tertiary/aromatic N) is 3. The molecule has 10 heteroatoms. The molecule has 4 aromatic rings. The zero-order valence-corrected chi connectivity index (χ0v) is 25.3. The summed E-state index contributed by atoms with van der Waals surface area (Å²) in [5, 5.41) is 16.0. The molecule has 5 rings (SSSR count). The molecule has 1 aliphatic rings. The number of amides is 1. The molecule has 9 nitrogen and oxygen atoms in total. The SMILES string of the molecule is CCCc1cc(C(=O)Nc2cccc(-c3cn(C)c(=O)c(Nc4ccc(N5CCC(O)CC5)c(N)c4)n3)c2C)sc1C. The van der Waals surface area contributed by atoms with Crippen LogP contribution in [-0.4, -0.2) is 39.8 Å². The van der Waals surface area contributed by atoms with E-state index in [1.54, 1.807) is 19.3 Å². The largest absolute Gasteiger partial charge is 0.397 e. The number of anilines is 5. The van der Waals surface area contributed by atoms with Gasteiger partial charge in [0.25, 0.3) is 11.5 Å². The zero-order chi connectivity index (χ0) is 30.0. The predicted octanol–water partition coefficient (Wildman–Crippen LogP) is 5.62. The van der Waals surface area contributed by atoms with Gasteiger partial charge in [-0.15, -0.1) is 11.3 Å². The maximum atomic E-state index is 13.1. The number of rotatable bonds is 8. The van der Waals surface area contributed by atoms with E-state index in [-0.39, 0.29) is 23.4 Å². The van der Waals surface area contributed by atoms with E-state index in [0.717, 1.165) is 42.7 Å². The molecule has 0 radical (unpaired) electrons. The number of carbonyl (C=O) groups excluding carboxylic acids is 1. The van der Waals surface area contributed by atoms with Crippen molar-refractivity contribution in [3.63, 3.8) is 0 Å². The van der Waals surface area contributed by atoms with Crippen molar-refractivity contribution in [1.29, 1.82) is 0 Å². The molecular weight excluding hydrogens is 548 g/mol. The third-order valence-corrected chi connectivity index (χ3v) is 8.88. The number of aliphatic hydroxyl groups is 1. The highest BCUT2D eigenvalue weighted by atomic mass is 32.1. The Labute approximate surface area is 250 Å². The van der Waals surface area contributed by atoms with Crippen LogP contribution in [0.4, 0.5) is 28.6 Å². The van der Waals surface area contributed by atoms with Crippen LogP contribution in [0.1, 0.15) is 51.9 Å². The second kappa shape index (κ2) is 12.4. The number of nitrogen functional groups attached to an aromatic ring is 1. The lowest BCUT2D eigenvalue weighted by atomic mass is 10.0. The Morgan fingerprint density at radius 3 is 2.64 bits per heavy atom. The maximum absolute atomic E-state index is 13.1. The number of aryl methyl sites for hydroxylation is 3. The number of nitrogens with two attached hydrogens (primary N) is 1. The smallest absolute Gasteiger partial charge is 0.293 e. The fourth-order valence-electron chi connectivity index (χ4n) is 5.36. The lowest BCUT2D eigenvalue weighted by molar-refractivity contribution is 0.103. The van der Waals surface area contributed by atoms with Gasteiger partial charge >= 0.3 is 0 Å². The van der Waals surface area contributed by atoms with Crippen LogP contribution in [0, 0.1) is 13.8 Å². The zero-order valence-electron chi connectivity index (χ0n) is 24.5. The molecule has 2 aromatic heterocycles. The van der Waals surface area contributed by atoms with Crippen LogP contribution >= 0.6 is 11.3 Å². The summed E-state index contributed by atoms with van der Waals surface area (Å²) < 4.78 is 1.50. The van der Waals surface area contributed by atoms with Crippen LogP contribution in [0.2, 0.25) is 0 Å². The summed E-state index contributed by atoms with van der Waals surface area (Å²) in [6, 6.07) is 13.3. The van der Waals surface area contributed by atoms with Crippen LogP contribution in [-0.2, 0) is 13.5 Å². The summed E-state index contributed by atoms with van der Waals surface area (Å²) in [4.78, 5) is 34.9. The van der Waals surface area contributed by atoms with E-state index in [1.165, 1.54) is 26.3 Å². The van der Waals surface area contributed by atoms with E-state index in [4.69, 9.17) is 5.73 Å². The van der Waals surface area contributed by atoms with Gasteiger partial charge in [0.05, 0.1) is 28.0 Å². The first-order valence-electron chi connectivity index (χ1n) is 14.3. The Morgan fingerprint density at radius 2 is 1.93 bits per heavy atom. The topological polar surface area (TPSA) is 126 Å². The molecule has 0 aliphatic carbocycles. The van der Waals surface area contributed by atoms with E-state index in [1.807, 2.05) is 43.3 Å². The van der Waals surface area contributed by atoms with Crippen LogP contribution in [0.25, 0.3) is 11.3 Å². The second-order valence-corrected chi connectivity index (χ2v) is 12.1. The minimum atomic E-state index is -0.274. The number of piperidine rings is 1. The number of hydrogen-bond donors (Lipinski definition) is 4. The normalized spacial score (nSPS) is 13.8. The number of aromatic nitrogens is 2. The van der Waals surface area contributed by atoms with Gasteiger partial charge in [-0.05, 0) is 74.6 Å². The van der Waals surface area contributed by atoms with Crippen molar-refractivity contribution in [2.45, 2.75) is 52.6 Å². The van der Waals surface area contributed by atoms with Crippen LogP contribution in [0.5, 0.6) is 0 Å². The average molecular weight is 587 g/mol. The van der Waals surface area contributed by atoms with Crippen LogP contribution in [0.15, 0.2) is 53.5 Å². The molecule has 0 atom stereocenters. The van der Waals surface area contributed by atoms with Crippen LogP contribution < -0.4 is 26.8 Å². The molecule has 0 saturated carbocycles. The molecule has 1 fully saturated rings.